The molecule has 0 aromatic heterocycles. The highest BCUT2D eigenvalue weighted by Crippen LogP contribution is 2.53. The molecule has 0 aromatic carbocycles. The smallest absolute Gasteiger partial charge is 0.353 e. The Morgan fingerprint density at radius 3 is 2.48 bits per heavy atom. The molecule has 1 amide bonds. The number of carboxylic acid groups (broad SMARTS) is 1. The van der Waals surface area contributed by atoms with Gasteiger partial charge in [-0.3, -0.25) is 4.79 Å². The van der Waals surface area contributed by atoms with Crippen LogP contribution in [-0.2, 0) is 9.59 Å². The second-order valence-electron chi connectivity index (χ2n) is 8.51. The van der Waals surface area contributed by atoms with Crippen molar-refractivity contribution in [1.82, 2.24) is 9.80 Å². The first-order valence-electron chi connectivity index (χ1n) is 9.94. The predicted octanol–water partition coefficient (Wildman–Crippen LogP) is 0.827. The number of piperidine rings is 1. The first-order chi connectivity index (χ1) is 12.8. The third-order valence-electron chi connectivity index (χ3n) is 6.77. The maximum Gasteiger partial charge on any atom is 0.353 e. The van der Waals surface area contributed by atoms with Crippen LogP contribution in [0.2, 0.25) is 0 Å². The van der Waals surface area contributed by atoms with E-state index in [1.54, 1.807) is 18.7 Å². The lowest BCUT2D eigenvalue weighted by atomic mass is 9.79. The van der Waals surface area contributed by atoms with E-state index in [1.165, 1.54) is 4.90 Å². The zero-order valence-electron chi connectivity index (χ0n) is 15.9. The van der Waals surface area contributed by atoms with Crippen molar-refractivity contribution in [1.29, 1.82) is 0 Å². The van der Waals surface area contributed by atoms with Gasteiger partial charge in [-0.1, -0.05) is 6.92 Å². The molecule has 8 heteroatoms. The molecule has 4 atom stereocenters. The Morgan fingerprint density at radius 1 is 1.30 bits per heavy atom. The van der Waals surface area contributed by atoms with Crippen LogP contribution in [0.1, 0.15) is 39.5 Å². The normalized spacial score (nSPS) is 38.4. The number of likely N-dealkylation sites (tertiary alicyclic amines) is 1. The molecule has 0 bridgehead atoms. The first kappa shape index (κ1) is 19.2. The van der Waals surface area contributed by atoms with Crippen molar-refractivity contribution in [2.45, 2.75) is 69.0 Å². The second kappa shape index (κ2) is 7.06. The Labute approximate surface area is 163 Å². The van der Waals surface area contributed by atoms with Crippen molar-refractivity contribution < 1.29 is 19.8 Å². The van der Waals surface area contributed by atoms with E-state index >= 15 is 0 Å². The van der Waals surface area contributed by atoms with Crippen molar-refractivity contribution >= 4 is 23.6 Å². The summed E-state index contributed by atoms with van der Waals surface area (Å²) in [5, 5.41) is 20.0. The summed E-state index contributed by atoms with van der Waals surface area (Å²) in [6.07, 6.45) is 3.47. The molecular formula is C19H29N3O4S. The van der Waals surface area contributed by atoms with Crippen LogP contribution in [0.3, 0.4) is 0 Å². The van der Waals surface area contributed by atoms with E-state index in [9.17, 15) is 19.8 Å². The van der Waals surface area contributed by atoms with Gasteiger partial charge in [0, 0.05) is 28.2 Å². The number of aliphatic hydroxyl groups is 1. The fraction of sp³-hybridized carbons (Fsp3) is 0.789. The number of hydrogen-bond donors (Lipinski definition) is 3. The van der Waals surface area contributed by atoms with Gasteiger partial charge in [0.25, 0.3) is 0 Å². The van der Waals surface area contributed by atoms with Crippen LogP contribution in [-0.4, -0.2) is 74.5 Å². The number of amides is 1. The number of carboxylic acids is 1. The van der Waals surface area contributed by atoms with Crippen molar-refractivity contribution in [2.75, 3.05) is 13.1 Å². The standard InChI is InChI=1S/C19H29N3O4S/c1-9-15-14(10(2)23)18(24)22(15)16(19(25)26)17(9)27-13-7-12(8-13)21-5-3-11(20)4-6-21/h9-15,23H,3-8,20H2,1-2H3,(H,25,26)/t9-,10-,12-,13-,14-,15-/m1/s1. The van der Waals surface area contributed by atoms with Crippen LogP contribution in [0, 0.1) is 11.8 Å². The topological polar surface area (TPSA) is 107 Å². The number of β-lactam (4-membered cyclic amide) rings is 1. The molecule has 0 aromatic rings. The summed E-state index contributed by atoms with van der Waals surface area (Å²) in [4.78, 5) is 29.0. The maximum atomic E-state index is 12.4. The average Bonchev–Trinajstić information content (AvgIpc) is 2.80. The molecule has 0 unspecified atom stereocenters. The molecule has 4 rings (SSSR count). The Morgan fingerprint density at radius 2 is 1.93 bits per heavy atom. The number of fused-ring (bicyclic) bond motifs is 1. The summed E-state index contributed by atoms with van der Waals surface area (Å²) in [7, 11) is 0. The second-order valence-corrected chi connectivity index (χ2v) is 9.85. The van der Waals surface area contributed by atoms with Gasteiger partial charge in [-0.15, -0.1) is 11.8 Å². The van der Waals surface area contributed by atoms with Crippen molar-refractivity contribution in [2.24, 2.45) is 17.6 Å². The molecule has 27 heavy (non-hydrogen) atoms. The average molecular weight is 396 g/mol. The van der Waals surface area contributed by atoms with Gasteiger partial charge in [0.05, 0.1) is 18.1 Å². The lowest BCUT2D eigenvalue weighted by molar-refractivity contribution is -0.163. The number of rotatable bonds is 5. The van der Waals surface area contributed by atoms with Crippen molar-refractivity contribution in [3.05, 3.63) is 10.6 Å². The lowest BCUT2D eigenvalue weighted by Gasteiger charge is -2.46. The molecule has 0 spiro atoms. The molecule has 4 N–H and O–H groups in total. The van der Waals surface area contributed by atoms with Gasteiger partial charge in [0.2, 0.25) is 5.91 Å². The predicted molar refractivity (Wildman–Crippen MR) is 103 cm³/mol. The lowest BCUT2D eigenvalue weighted by Crippen LogP contribution is -2.63. The van der Waals surface area contributed by atoms with Gasteiger partial charge in [0.15, 0.2) is 0 Å². The molecule has 0 radical (unpaired) electrons. The van der Waals surface area contributed by atoms with E-state index in [0.717, 1.165) is 43.7 Å². The zero-order valence-corrected chi connectivity index (χ0v) is 16.7. The molecule has 3 fully saturated rings. The van der Waals surface area contributed by atoms with Gasteiger partial charge in [-0.2, -0.15) is 0 Å². The van der Waals surface area contributed by atoms with Crippen LogP contribution in [0.4, 0.5) is 0 Å². The summed E-state index contributed by atoms with van der Waals surface area (Å²) < 4.78 is 0. The molecular weight excluding hydrogens is 366 g/mol. The third kappa shape index (κ3) is 3.10. The highest BCUT2D eigenvalue weighted by atomic mass is 32.2. The van der Waals surface area contributed by atoms with E-state index in [2.05, 4.69) is 4.90 Å². The van der Waals surface area contributed by atoms with Gasteiger partial charge in [0.1, 0.15) is 5.70 Å². The number of nitrogens with two attached hydrogens (primary N) is 1. The highest BCUT2D eigenvalue weighted by molar-refractivity contribution is 8.03. The van der Waals surface area contributed by atoms with Crippen LogP contribution < -0.4 is 5.73 Å². The molecule has 2 saturated heterocycles. The van der Waals surface area contributed by atoms with E-state index in [4.69, 9.17) is 5.73 Å². The van der Waals surface area contributed by atoms with Gasteiger partial charge in [-0.25, -0.2) is 4.79 Å². The Bertz CT molecular complexity index is 668. The number of carbonyl (C=O) groups is 2. The zero-order chi connectivity index (χ0) is 19.5. The summed E-state index contributed by atoms with van der Waals surface area (Å²) in [6.45, 7) is 5.71. The Kier molecular flexibility index (Phi) is 5.03. The monoisotopic (exact) mass is 395 g/mol. The van der Waals surface area contributed by atoms with Crippen molar-refractivity contribution in [3.63, 3.8) is 0 Å². The first-order valence-corrected chi connectivity index (χ1v) is 10.8. The molecule has 7 nitrogen and oxygen atoms in total. The Hall–Kier alpha value is -1.09. The van der Waals surface area contributed by atoms with Crippen LogP contribution in [0.15, 0.2) is 10.6 Å². The molecule has 150 valence electrons. The third-order valence-corrected chi connectivity index (χ3v) is 8.30. The van der Waals surface area contributed by atoms with Gasteiger partial charge < -0.3 is 25.7 Å². The summed E-state index contributed by atoms with van der Waals surface area (Å²) in [6, 6.07) is 0.688. The van der Waals surface area contributed by atoms with E-state index in [1.807, 2.05) is 6.92 Å². The number of nitrogens with zero attached hydrogens (tertiary/aromatic N) is 2. The molecule has 4 aliphatic rings. The van der Waals surface area contributed by atoms with Gasteiger partial charge in [-0.05, 0) is 45.7 Å². The minimum absolute atomic E-state index is 0.0366. The van der Waals surface area contributed by atoms with E-state index in [-0.39, 0.29) is 23.6 Å². The quantitative estimate of drug-likeness (QED) is 0.592. The molecule has 3 aliphatic heterocycles. The fourth-order valence-corrected chi connectivity index (χ4v) is 6.72. The summed E-state index contributed by atoms with van der Waals surface area (Å²) in [5.41, 5.74) is 6.13. The minimum Gasteiger partial charge on any atom is -0.477 e. The number of aliphatic hydroxyl groups excluding tert-OH is 1. The molecule has 3 heterocycles. The molecule has 1 saturated carbocycles. The van der Waals surface area contributed by atoms with Gasteiger partial charge >= 0.3 is 5.97 Å². The van der Waals surface area contributed by atoms with E-state index < -0.39 is 18.0 Å². The maximum absolute atomic E-state index is 12.4. The summed E-state index contributed by atoms with van der Waals surface area (Å²) >= 11 is 1.64. The van der Waals surface area contributed by atoms with Crippen molar-refractivity contribution in [3.8, 4) is 0 Å². The SMILES string of the molecule is C[C@@H](O)[C@H]1C(=O)N2C(C(=O)O)=C(S[C@H]3C[C@H](N4CCC(N)CC4)C3)[C@H](C)[C@H]12. The number of aliphatic carboxylic acids is 1. The van der Waals surface area contributed by atoms with E-state index in [0.29, 0.717) is 17.3 Å². The fourth-order valence-electron chi connectivity index (χ4n) is 5.08. The highest BCUT2D eigenvalue weighted by Gasteiger charge is 2.60. The largest absolute Gasteiger partial charge is 0.477 e. The number of carbonyl (C=O) groups excluding carboxylic acids is 1. The molecule has 1 aliphatic carbocycles. The number of hydrogen-bond acceptors (Lipinski definition) is 6. The van der Waals surface area contributed by atoms with Crippen LogP contribution in [0.25, 0.3) is 0 Å². The summed E-state index contributed by atoms with van der Waals surface area (Å²) in [5.74, 6) is -1.82. The minimum atomic E-state index is -1.04. The van der Waals surface area contributed by atoms with Crippen LogP contribution in [0.5, 0.6) is 0 Å². The number of thioether (sulfide) groups is 1. The van der Waals surface area contributed by atoms with Crippen LogP contribution >= 0.6 is 11.8 Å². The Balaban J connectivity index is 1.42.